The number of nitrogens with one attached hydrogen (secondary N) is 1. The summed E-state index contributed by atoms with van der Waals surface area (Å²) in [5.74, 6) is 0. The van der Waals surface area contributed by atoms with Gasteiger partial charge in [-0.2, -0.15) is 0 Å². The van der Waals surface area contributed by atoms with E-state index in [-0.39, 0.29) is 0 Å². The van der Waals surface area contributed by atoms with Crippen molar-refractivity contribution in [3.8, 4) is 0 Å². The molecule has 1 N–H and O–H groups in total. The van der Waals surface area contributed by atoms with Crippen molar-refractivity contribution in [1.82, 2.24) is 15.1 Å². The quantitative estimate of drug-likeness (QED) is 0.735. The highest BCUT2D eigenvalue weighted by Crippen LogP contribution is 2.07. The second-order valence-electron chi connectivity index (χ2n) is 4.94. The van der Waals surface area contributed by atoms with Gasteiger partial charge in [0.1, 0.15) is 0 Å². The van der Waals surface area contributed by atoms with Crippen LogP contribution < -0.4 is 5.32 Å². The van der Waals surface area contributed by atoms with E-state index in [1.54, 1.807) is 0 Å². The van der Waals surface area contributed by atoms with Crippen LogP contribution >= 0.6 is 0 Å². The van der Waals surface area contributed by atoms with E-state index >= 15 is 0 Å². The summed E-state index contributed by atoms with van der Waals surface area (Å²) in [7, 11) is 2.22. The molecule has 0 aromatic rings. The van der Waals surface area contributed by atoms with Crippen molar-refractivity contribution >= 4 is 0 Å². The van der Waals surface area contributed by atoms with Crippen molar-refractivity contribution in [2.75, 3.05) is 39.8 Å². The average molecular weight is 213 g/mol. The number of likely N-dealkylation sites (N-methyl/N-ethyl adjacent to an activating group) is 1. The summed E-state index contributed by atoms with van der Waals surface area (Å²) < 4.78 is 0. The summed E-state index contributed by atoms with van der Waals surface area (Å²) in [6, 6.07) is 1.33. The van der Waals surface area contributed by atoms with Crippen molar-refractivity contribution in [1.29, 1.82) is 0 Å². The van der Waals surface area contributed by atoms with E-state index in [2.05, 4.69) is 42.9 Å². The molecule has 3 heteroatoms. The van der Waals surface area contributed by atoms with E-state index in [1.165, 1.54) is 32.6 Å². The Labute approximate surface area is 94.8 Å². The maximum absolute atomic E-state index is 3.55. The molecular weight excluding hydrogens is 186 g/mol. The normalized spacial score (nSPS) is 26.8. The lowest BCUT2D eigenvalue weighted by atomic mass is 10.2. The minimum atomic E-state index is 0.626. The maximum atomic E-state index is 3.55. The van der Waals surface area contributed by atoms with Crippen LogP contribution in [0.25, 0.3) is 0 Å². The summed E-state index contributed by atoms with van der Waals surface area (Å²) in [5.41, 5.74) is 0. The summed E-state index contributed by atoms with van der Waals surface area (Å²) in [6.07, 6.45) is 1.23. The molecule has 90 valence electrons. The van der Waals surface area contributed by atoms with Gasteiger partial charge in [0, 0.05) is 38.3 Å². The Morgan fingerprint density at radius 3 is 2.73 bits per heavy atom. The van der Waals surface area contributed by atoms with Gasteiger partial charge in [-0.15, -0.1) is 0 Å². The Hall–Kier alpha value is -0.120. The fourth-order valence-electron chi connectivity index (χ4n) is 2.13. The molecule has 3 nitrogen and oxygen atoms in total. The summed E-state index contributed by atoms with van der Waals surface area (Å²) >= 11 is 0. The first-order valence-corrected chi connectivity index (χ1v) is 6.29. The number of hydrogen-bond donors (Lipinski definition) is 1. The van der Waals surface area contributed by atoms with Crippen molar-refractivity contribution in [2.45, 2.75) is 39.3 Å². The Bertz CT molecular complexity index is 172. The zero-order chi connectivity index (χ0) is 11.3. The highest BCUT2D eigenvalue weighted by atomic mass is 15.3. The Morgan fingerprint density at radius 1 is 1.40 bits per heavy atom. The fourth-order valence-corrected chi connectivity index (χ4v) is 2.13. The van der Waals surface area contributed by atoms with E-state index in [9.17, 15) is 0 Å². The van der Waals surface area contributed by atoms with E-state index < -0.39 is 0 Å². The maximum Gasteiger partial charge on any atom is 0.0192 e. The van der Waals surface area contributed by atoms with Gasteiger partial charge in [0.05, 0.1) is 0 Å². The second-order valence-corrected chi connectivity index (χ2v) is 4.94. The van der Waals surface area contributed by atoms with Crippen LogP contribution in [0.4, 0.5) is 0 Å². The molecule has 0 aromatic heterocycles. The van der Waals surface area contributed by atoms with Gasteiger partial charge in [-0.25, -0.2) is 0 Å². The molecule has 0 aromatic carbocycles. The number of hydrogen-bond acceptors (Lipinski definition) is 3. The van der Waals surface area contributed by atoms with Crippen molar-refractivity contribution in [3.63, 3.8) is 0 Å². The van der Waals surface area contributed by atoms with E-state index in [4.69, 9.17) is 0 Å². The predicted octanol–water partition coefficient (Wildman–Crippen LogP) is 1.01. The molecule has 0 radical (unpaired) electrons. The molecule has 0 bridgehead atoms. The van der Waals surface area contributed by atoms with Crippen molar-refractivity contribution in [3.05, 3.63) is 0 Å². The first kappa shape index (κ1) is 12.9. The van der Waals surface area contributed by atoms with Crippen LogP contribution in [0.15, 0.2) is 0 Å². The van der Waals surface area contributed by atoms with Gasteiger partial charge in [-0.3, -0.25) is 4.90 Å². The SMILES string of the molecule is CCCNC(C)CN1CCN(C)C(C)C1. The highest BCUT2D eigenvalue weighted by molar-refractivity contribution is 4.79. The summed E-state index contributed by atoms with van der Waals surface area (Å²) in [6.45, 7) is 12.8. The first-order valence-electron chi connectivity index (χ1n) is 6.29. The smallest absolute Gasteiger partial charge is 0.0192 e. The molecule has 1 saturated heterocycles. The molecule has 15 heavy (non-hydrogen) atoms. The molecular formula is C12H27N3. The van der Waals surface area contributed by atoms with E-state index in [0.717, 1.165) is 6.54 Å². The molecule has 2 unspecified atom stereocenters. The number of piperazine rings is 1. The minimum Gasteiger partial charge on any atom is -0.313 e. The standard InChI is InChI=1S/C12H27N3/c1-5-6-13-11(2)9-15-8-7-14(4)12(3)10-15/h11-13H,5-10H2,1-4H3. The number of nitrogens with zero attached hydrogens (tertiary/aromatic N) is 2. The van der Waals surface area contributed by atoms with Gasteiger partial charge in [0.2, 0.25) is 0 Å². The molecule has 0 amide bonds. The summed E-state index contributed by atoms with van der Waals surface area (Å²) in [5, 5.41) is 3.55. The van der Waals surface area contributed by atoms with Crippen LogP contribution in [0.1, 0.15) is 27.2 Å². The van der Waals surface area contributed by atoms with Gasteiger partial charge in [0.15, 0.2) is 0 Å². The fraction of sp³-hybridized carbons (Fsp3) is 1.00. The van der Waals surface area contributed by atoms with Crippen molar-refractivity contribution < 1.29 is 0 Å². The van der Waals surface area contributed by atoms with Crippen molar-refractivity contribution in [2.24, 2.45) is 0 Å². The second kappa shape index (κ2) is 6.46. The Balaban J connectivity index is 2.21. The van der Waals surface area contributed by atoms with Gasteiger partial charge < -0.3 is 10.2 Å². The lowest BCUT2D eigenvalue weighted by Gasteiger charge is -2.38. The first-order chi connectivity index (χ1) is 7.13. The lowest BCUT2D eigenvalue weighted by Crippen LogP contribution is -2.52. The average Bonchev–Trinajstić information content (AvgIpc) is 2.20. The van der Waals surface area contributed by atoms with Gasteiger partial charge in [-0.1, -0.05) is 6.92 Å². The number of rotatable bonds is 5. The molecule has 1 rings (SSSR count). The van der Waals surface area contributed by atoms with Gasteiger partial charge in [0.25, 0.3) is 0 Å². The third kappa shape index (κ3) is 4.49. The lowest BCUT2D eigenvalue weighted by molar-refractivity contribution is 0.0986. The zero-order valence-electron chi connectivity index (χ0n) is 10.8. The van der Waals surface area contributed by atoms with Gasteiger partial charge >= 0.3 is 0 Å². The van der Waals surface area contributed by atoms with Crippen LogP contribution in [0.3, 0.4) is 0 Å². The largest absolute Gasteiger partial charge is 0.313 e. The van der Waals surface area contributed by atoms with Crippen LogP contribution in [0.5, 0.6) is 0 Å². The van der Waals surface area contributed by atoms with Crippen LogP contribution in [-0.2, 0) is 0 Å². The molecule has 1 aliphatic heterocycles. The van der Waals surface area contributed by atoms with E-state index in [0.29, 0.717) is 12.1 Å². The van der Waals surface area contributed by atoms with Crippen LogP contribution in [-0.4, -0.2) is 61.7 Å². The molecule has 0 spiro atoms. The minimum absolute atomic E-state index is 0.626. The predicted molar refractivity (Wildman–Crippen MR) is 66.3 cm³/mol. The van der Waals surface area contributed by atoms with Crippen LogP contribution in [0.2, 0.25) is 0 Å². The zero-order valence-corrected chi connectivity index (χ0v) is 10.8. The Morgan fingerprint density at radius 2 is 2.13 bits per heavy atom. The molecule has 2 atom stereocenters. The third-order valence-corrected chi connectivity index (χ3v) is 3.32. The molecule has 1 aliphatic rings. The molecule has 0 saturated carbocycles. The van der Waals surface area contributed by atoms with Crippen LogP contribution in [0, 0.1) is 0 Å². The Kier molecular flexibility index (Phi) is 5.58. The van der Waals surface area contributed by atoms with E-state index in [1.807, 2.05) is 0 Å². The topological polar surface area (TPSA) is 18.5 Å². The summed E-state index contributed by atoms with van der Waals surface area (Å²) in [4.78, 5) is 5.03. The third-order valence-electron chi connectivity index (χ3n) is 3.32. The molecule has 0 aliphatic carbocycles. The monoisotopic (exact) mass is 213 g/mol. The molecule has 1 fully saturated rings. The molecule has 1 heterocycles. The highest BCUT2D eigenvalue weighted by Gasteiger charge is 2.21. The van der Waals surface area contributed by atoms with Gasteiger partial charge in [-0.05, 0) is 33.9 Å².